The van der Waals surface area contributed by atoms with Crippen molar-refractivity contribution < 1.29 is 10.6 Å². The molecule has 0 bridgehead atoms. The zero-order valence-electron chi connectivity index (χ0n) is 11.4. The Morgan fingerprint density at radius 3 is 2.35 bits per heavy atom. The molecule has 0 saturated heterocycles. The Morgan fingerprint density at radius 2 is 1.88 bits per heavy atom. The average Bonchev–Trinajstić information content (AvgIpc) is 2.26. The van der Waals surface area contributed by atoms with E-state index in [-0.39, 0.29) is 7.33 Å². The number of amides is 1. The Bertz CT molecular complexity index is 389. The SMILES string of the molecule is CC.Cc1c(F)cncc1NC(=O)C(C)(C)C.[HH]. The second kappa shape index (κ2) is 6.33. The number of hydrogen-bond acceptors (Lipinski definition) is 2. The number of carbonyl (C=O) groups is 1. The molecule has 0 aliphatic heterocycles. The van der Waals surface area contributed by atoms with Crippen molar-refractivity contribution in [1.82, 2.24) is 4.98 Å². The third-order valence-electron chi connectivity index (χ3n) is 2.08. The lowest BCUT2D eigenvalue weighted by Gasteiger charge is -2.18. The molecule has 0 saturated carbocycles. The van der Waals surface area contributed by atoms with Gasteiger partial charge in [-0.3, -0.25) is 9.78 Å². The van der Waals surface area contributed by atoms with Gasteiger partial charge in [-0.05, 0) is 6.92 Å². The number of nitrogens with one attached hydrogen (secondary N) is 1. The van der Waals surface area contributed by atoms with E-state index in [0.29, 0.717) is 11.3 Å². The first kappa shape index (κ1) is 15.6. The first-order chi connectivity index (χ1) is 7.82. The van der Waals surface area contributed by atoms with E-state index in [4.69, 9.17) is 0 Å². The predicted octanol–water partition coefficient (Wildman–Crippen LogP) is 3.79. The van der Waals surface area contributed by atoms with Gasteiger partial charge in [-0.25, -0.2) is 4.39 Å². The van der Waals surface area contributed by atoms with Gasteiger partial charge in [0.1, 0.15) is 5.82 Å². The number of rotatable bonds is 1. The fraction of sp³-hybridized carbons (Fsp3) is 0.538. The first-order valence-corrected chi connectivity index (χ1v) is 5.74. The molecule has 98 valence electrons. The van der Waals surface area contributed by atoms with Crippen LogP contribution in [0.4, 0.5) is 10.1 Å². The van der Waals surface area contributed by atoms with Crippen LogP contribution in [0.1, 0.15) is 41.6 Å². The molecule has 0 aliphatic carbocycles. The van der Waals surface area contributed by atoms with Crippen molar-refractivity contribution in [1.29, 1.82) is 0 Å². The highest BCUT2D eigenvalue weighted by Crippen LogP contribution is 2.20. The number of aromatic nitrogens is 1. The summed E-state index contributed by atoms with van der Waals surface area (Å²) in [5, 5.41) is 2.65. The molecule has 17 heavy (non-hydrogen) atoms. The van der Waals surface area contributed by atoms with Crippen molar-refractivity contribution in [3.63, 3.8) is 0 Å². The average molecular weight is 242 g/mol. The molecule has 0 atom stereocenters. The molecule has 1 amide bonds. The maximum atomic E-state index is 13.1. The van der Waals surface area contributed by atoms with Crippen LogP contribution >= 0.6 is 0 Å². The zero-order valence-corrected chi connectivity index (χ0v) is 11.4. The summed E-state index contributed by atoms with van der Waals surface area (Å²) in [6, 6.07) is 0. The summed E-state index contributed by atoms with van der Waals surface area (Å²) in [4.78, 5) is 15.3. The van der Waals surface area contributed by atoms with Gasteiger partial charge in [-0.1, -0.05) is 34.6 Å². The summed E-state index contributed by atoms with van der Waals surface area (Å²) < 4.78 is 13.1. The molecule has 0 aromatic carbocycles. The van der Waals surface area contributed by atoms with Gasteiger partial charge in [-0.2, -0.15) is 0 Å². The molecule has 1 N–H and O–H groups in total. The maximum absolute atomic E-state index is 13.1. The minimum atomic E-state index is -0.501. The molecule has 4 heteroatoms. The van der Waals surface area contributed by atoms with Crippen LogP contribution in [0.15, 0.2) is 12.4 Å². The quantitative estimate of drug-likeness (QED) is 0.814. The van der Waals surface area contributed by atoms with E-state index in [1.54, 1.807) is 27.7 Å². The van der Waals surface area contributed by atoms with E-state index < -0.39 is 11.2 Å². The van der Waals surface area contributed by atoms with E-state index >= 15 is 0 Å². The van der Waals surface area contributed by atoms with Crippen molar-refractivity contribution in [2.24, 2.45) is 5.41 Å². The molecule has 0 spiro atoms. The molecule has 0 unspecified atom stereocenters. The van der Waals surface area contributed by atoms with Gasteiger partial charge in [-0.15, -0.1) is 0 Å². The van der Waals surface area contributed by atoms with Crippen LogP contribution in [0, 0.1) is 18.2 Å². The highest BCUT2D eigenvalue weighted by atomic mass is 19.1. The Morgan fingerprint density at radius 1 is 1.35 bits per heavy atom. The van der Waals surface area contributed by atoms with Crippen molar-refractivity contribution in [2.45, 2.75) is 41.5 Å². The number of carbonyl (C=O) groups excluding carboxylic acids is 1. The standard InChI is InChI=1S/C11H15FN2O.C2H6.H2/c1-7-8(12)5-13-6-9(7)14-10(15)11(2,3)4;1-2;/h5-6H,1-4H3,(H,14,15);1-2H3;1H. The fourth-order valence-electron chi connectivity index (χ4n) is 0.935. The van der Waals surface area contributed by atoms with Crippen molar-refractivity contribution in [2.75, 3.05) is 5.32 Å². The van der Waals surface area contributed by atoms with Gasteiger partial charge in [0.15, 0.2) is 0 Å². The number of nitrogens with zero attached hydrogens (tertiary/aromatic N) is 1. The Kier molecular flexibility index (Phi) is 5.79. The topological polar surface area (TPSA) is 42.0 Å². The largest absolute Gasteiger partial charge is 0.324 e. The number of pyridine rings is 1. The summed E-state index contributed by atoms with van der Waals surface area (Å²) in [6.45, 7) is 11.0. The van der Waals surface area contributed by atoms with E-state index in [9.17, 15) is 9.18 Å². The molecule has 1 rings (SSSR count). The van der Waals surface area contributed by atoms with Gasteiger partial charge in [0.05, 0.1) is 18.1 Å². The molecule has 3 nitrogen and oxygen atoms in total. The maximum Gasteiger partial charge on any atom is 0.229 e. The molecule has 0 radical (unpaired) electrons. The van der Waals surface area contributed by atoms with E-state index in [0.717, 1.165) is 6.20 Å². The second-order valence-corrected chi connectivity index (χ2v) is 4.50. The smallest absolute Gasteiger partial charge is 0.229 e. The minimum Gasteiger partial charge on any atom is -0.324 e. The summed E-state index contributed by atoms with van der Waals surface area (Å²) in [6.07, 6.45) is 2.57. The predicted molar refractivity (Wildman–Crippen MR) is 70.5 cm³/mol. The molecular weight excluding hydrogens is 219 g/mol. The highest BCUT2D eigenvalue weighted by Gasteiger charge is 2.22. The molecular formula is C13H23FN2O. The van der Waals surface area contributed by atoms with Crippen LogP contribution in [-0.4, -0.2) is 10.9 Å². The van der Waals surface area contributed by atoms with Gasteiger partial charge in [0.25, 0.3) is 0 Å². The van der Waals surface area contributed by atoms with E-state index in [2.05, 4.69) is 10.3 Å². The van der Waals surface area contributed by atoms with E-state index in [1.807, 2.05) is 13.8 Å². The lowest BCUT2D eigenvalue weighted by molar-refractivity contribution is -0.123. The Balaban J connectivity index is 0. The summed E-state index contributed by atoms with van der Waals surface area (Å²) in [7, 11) is 0. The summed E-state index contributed by atoms with van der Waals surface area (Å²) >= 11 is 0. The number of hydrogen-bond donors (Lipinski definition) is 1. The van der Waals surface area contributed by atoms with Crippen molar-refractivity contribution in [3.05, 3.63) is 23.8 Å². The monoisotopic (exact) mass is 242 g/mol. The van der Waals surface area contributed by atoms with Crippen LogP contribution < -0.4 is 5.32 Å². The fourth-order valence-corrected chi connectivity index (χ4v) is 0.935. The lowest BCUT2D eigenvalue weighted by Crippen LogP contribution is -2.28. The van der Waals surface area contributed by atoms with Crippen LogP contribution in [-0.2, 0) is 4.79 Å². The van der Waals surface area contributed by atoms with Crippen LogP contribution in [0.25, 0.3) is 0 Å². The van der Waals surface area contributed by atoms with Crippen LogP contribution in [0.2, 0.25) is 0 Å². The Labute approximate surface area is 104 Å². The molecule has 0 aliphatic rings. The number of halogens is 1. The van der Waals surface area contributed by atoms with Gasteiger partial charge >= 0.3 is 0 Å². The van der Waals surface area contributed by atoms with Crippen LogP contribution in [0.5, 0.6) is 0 Å². The molecule has 1 aromatic rings. The van der Waals surface area contributed by atoms with Crippen molar-refractivity contribution in [3.8, 4) is 0 Å². The Hall–Kier alpha value is -1.45. The summed E-state index contributed by atoms with van der Waals surface area (Å²) in [5.41, 5.74) is 0.330. The van der Waals surface area contributed by atoms with E-state index in [1.165, 1.54) is 6.20 Å². The molecule has 0 fully saturated rings. The zero-order chi connectivity index (χ0) is 13.6. The first-order valence-electron chi connectivity index (χ1n) is 5.74. The van der Waals surface area contributed by atoms with Gasteiger partial charge < -0.3 is 5.32 Å². The molecule has 1 heterocycles. The minimum absolute atomic E-state index is 0. The third-order valence-corrected chi connectivity index (χ3v) is 2.08. The summed E-state index contributed by atoms with van der Waals surface area (Å²) in [5.74, 6) is -0.570. The van der Waals surface area contributed by atoms with Gasteiger partial charge in [0, 0.05) is 12.4 Å². The highest BCUT2D eigenvalue weighted by molar-refractivity contribution is 5.94. The second-order valence-electron chi connectivity index (χ2n) is 4.50. The molecule has 1 aromatic heterocycles. The van der Waals surface area contributed by atoms with Crippen LogP contribution in [0.3, 0.4) is 0 Å². The normalized spacial score (nSPS) is 10.3. The third kappa shape index (κ3) is 4.51. The lowest BCUT2D eigenvalue weighted by atomic mass is 9.95. The number of anilines is 1. The van der Waals surface area contributed by atoms with Gasteiger partial charge in [0.2, 0.25) is 5.91 Å². The van der Waals surface area contributed by atoms with Crippen molar-refractivity contribution >= 4 is 11.6 Å².